The van der Waals surface area contributed by atoms with E-state index >= 15 is 0 Å². The fourth-order valence-electron chi connectivity index (χ4n) is 2.16. The summed E-state index contributed by atoms with van der Waals surface area (Å²) in [5.41, 5.74) is 3.60. The zero-order chi connectivity index (χ0) is 12.8. The van der Waals surface area contributed by atoms with Crippen molar-refractivity contribution in [3.05, 3.63) is 47.8 Å². The maximum absolute atomic E-state index is 4.38. The summed E-state index contributed by atoms with van der Waals surface area (Å²) in [6, 6.07) is 4.24. The van der Waals surface area contributed by atoms with Crippen LogP contribution in [0.1, 0.15) is 30.5 Å². The van der Waals surface area contributed by atoms with Crippen LogP contribution in [0.2, 0.25) is 0 Å². The minimum atomic E-state index is 1.02. The molecule has 18 heavy (non-hydrogen) atoms. The molecule has 96 valence electrons. The van der Waals surface area contributed by atoms with Gasteiger partial charge in [0.05, 0.1) is 0 Å². The lowest BCUT2D eigenvalue weighted by Gasteiger charge is -2.15. The summed E-state index contributed by atoms with van der Waals surface area (Å²) in [6.45, 7) is 4.24. The summed E-state index contributed by atoms with van der Waals surface area (Å²) >= 11 is 0. The molecule has 0 saturated carbocycles. The molecule has 0 aliphatic carbocycles. The highest BCUT2D eigenvalue weighted by atomic mass is 15.1. The van der Waals surface area contributed by atoms with Gasteiger partial charge in [0.15, 0.2) is 0 Å². The average molecular weight is 242 g/mol. The van der Waals surface area contributed by atoms with Crippen molar-refractivity contribution in [1.29, 1.82) is 0 Å². The first-order chi connectivity index (χ1) is 8.75. The molecule has 2 rings (SSSR count). The Hall–Kier alpha value is -1.41. The largest absolute Gasteiger partial charge is 0.303 e. The molecule has 0 spiro atoms. The lowest BCUT2D eigenvalue weighted by Crippen LogP contribution is -2.19. The third kappa shape index (κ3) is 3.81. The highest BCUT2D eigenvalue weighted by Gasteiger charge is 2.01. The second-order valence-corrected chi connectivity index (χ2v) is 5.01. The van der Waals surface area contributed by atoms with E-state index in [0.717, 1.165) is 18.7 Å². The maximum Gasteiger partial charge on any atom is 0.0373 e. The van der Waals surface area contributed by atoms with Crippen molar-refractivity contribution in [2.45, 2.75) is 26.2 Å². The van der Waals surface area contributed by atoms with Crippen LogP contribution in [0.3, 0.4) is 0 Å². The number of aryl methyl sites for hydroxylation is 1. The topological polar surface area (TPSA) is 16.1 Å². The minimum absolute atomic E-state index is 1.02. The molecule has 0 fully saturated rings. The van der Waals surface area contributed by atoms with Gasteiger partial charge in [0, 0.05) is 18.4 Å². The molecule has 1 aromatic rings. The maximum atomic E-state index is 4.38. The summed E-state index contributed by atoms with van der Waals surface area (Å²) in [6.07, 6.45) is 12.5. The van der Waals surface area contributed by atoms with Crippen molar-refractivity contribution < 1.29 is 0 Å². The standard InChI is InChI=1S/C16H22N2/c1-14-9-10-16(13-17-14)15-7-4-3-5-11-18(2)12-6-8-15/h6-10,13H,3-5,11-12H2,1-2H3/b8-6-,15-7+. The molecule has 1 aromatic heterocycles. The van der Waals surface area contributed by atoms with E-state index in [0.29, 0.717) is 0 Å². The number of hydrogen-bond donors (Lipinski definition) is 0. The van der Waals surface area contributed by atoms with E-state index < -0.39 is 0 Å². The normalized spacial score (nSPS) is 23.1. The Kier molecular flexibility index (Phi) is 4.71. The predicted octanol–water partition coefficient (Wildman–Crippen LogP) is 3.45. The molecule has 1 aliphatic rings. The molecule has 0 radical (unpaired) electrons. The molecular formula is C16H22N2. The number of nitrogens with zero attached hydrogens (tertiary/aromatic N) is 2. The molecule has 2 heterocycles. The number of aromatic nitrogens is 1. The van der Waals surface area contributed by atoms with Gasteiger partial charge in [0.25, 0.3) is 0 Å². The molecule has 2 nitrogen and oxygen atoms in total. The van der Waals surface area contributed by atoms with Crippen molar-refractivity contribution >= 4 is 5.57 Å². The van der Waals surface area contributed by atoms with Crippen LogP contribution in [0.15, 0.2) is 36.6 Å². The highest BCUT2D eigenvalue weighted by Crippen LogP contribution is 2.18. The van der Waals surface area contributed by atoms with Gasteiger partial charge in [0.2, 0.25) is 0 Å². The van der Waals surface area contributed by atoms with Crippen LogP contribution in [0.4, 0.5) is 0 Å². The summed E-state index contributed by atoms with van der Waals surface area (Å²) in [4.78, 5) is 6.75. The lowest BCUT2D eigenvalue weighted by atomic mass is 10.0. The lowest BCUT2D eigenvalue weighted by molar-refractivity contribution is 0.359. The van der Waals surface area contributed by atoms with Gasteiger partial charge >= 0.3 is 0 Å². The second kappa shape index (κ2) is 6.50. The Bertz CT molecular complexity index is 429. The molecule has 0 atom stereocenters. The summed E-state index contributed by atoms with van der Waals surface area (Å²) in [7, 11) is 2.18. The van der Waals surface area contributed by atoms with Crippen LogP contribution >= 0.6 is 0 Å². The fourth-order valence-corrected chi connectivity index (χ4v) is 2.16. The Morgan fingerprint density at radius 1 is 1.22 bits per heavy atom. The van der Waals surface area contributed by atoms with Gasteiger partial charge < -0.3 is 4.90 Å². The molecule has 1 aliphatic heterocycles. The van der Waals surface area contributed by atoms with Crippen LogP contribution in [0.5, 0.6) is 0 Å². The number of rotatable bonds is 1. The van der Waals surface area contributed by atoms with E-state index in [1.54, 1.807) is 0 Å². The van der Waals surface area contributed by atoms with Crippen LogP contribution in [0, 0.1) is 6.92 Å². The van der Waals surface area contributed by atoms with Gasteiger partial charge in [-0.05, 0) is 57.0 Å². The molecule has 0 amide bonds. The molecule has 0 unspecified atom stereocenters. The third-order valence-electron chi connectivity index (χ3n) is 3.32. The monoisotopic (exact) mass is 242 g/mol. The van der Waals surface area contributed by atoms with Crippen molar-refractivity contribution in [1.82, 2.24) is 9.88 Å². The SMILES string of the molecule is Cc1ccc(C2=C/CCCCN(C)C/C=C\2)cn1. The van der Waals surface area contributed by atoms with Crippen LogP contribution < -0.4 is 0 Å². The number of hydrogen-bond acceptors (Lipinski definition) is 2. The molecule has 2 heteroatoms. The number of pyridine rings is 1. The summed E-state index contributed by atoms with van der Waals surface area (Å²) < 4.78 is 0. The molecule has 0 saturated heterocycles. The van der Waals surface area contributed by atoms with E-state index in [1.165, 1.54) is 30.5 Å². The minimum Gasteiger partial charge on any atom is -0.303 e. The van der Waals surface area contributed by atoms with Gasteiger partial charge in [-0.1, -0.05) is 24.3 Å². The zero-order valence-electron chi connectivity index (χ0n) is 11.4. The van der Waals surface area contributed by atoms with E-state index in [2.05, 4.69) is 47.3 Å². The fraction of sp³-hybridized carbons (Fsp3) is 0.438. The summed E-state index contributed by atoms with van der Waals surface area (Å²) in [5, 5.41) is 0. The van der Waals surface area contributed by atoms with Gasteiger partial charge in [-0.3, -0.25) is 4.98 Å². The van der Waals surface area contributed by atoms with Gasteiger partial charge in [-0.25, -0.2) is 0 Å². The Balaban J connectivity index is 2.17. The molecule has 0 bridgehead atoms. The zero-order valence-corrected chi connectivity index (χ0v) is 11.4. The van der Waals surface area contributed by atoms with Crippen LogP contribution in [0.25, 0.3) is 5.57 Å². The van der Waals surface area contributed by atoms with Crippen LogP contribution in [-0.2, 0) is 0 Å². The average Bonchev–Trinajstić information content (AvgIpc) is 2.38. The van der Waals surface area contributed by atoms with Gasteiger partial charge in [-0.2, -0.15) is 0 Å². The first kappa shape index (κ1) is 13.0. The van der Waals surface area contributed by atoms with E-state index in [9.17, 15) is 0 Å². The smallest absolute Gasteiger partial charge is 0.0373 e. The number of allylic oxidation sites excluding steroid dienone is 3. The quantitative estimate of drug-likeness (QED) is 0.750. The Morgan fingerprint density at radius 3 is 2.89 bits per heavy atom. The van der Waals surface area contributed by atoms with Gasteiger partial charge in [0.1, 0.15) is 0 Å². The molecule has 0 N–H and O–H groups in total. The number of likely N-dealkylation sites (N-methyl/N-ethyl adjacent to an activating group) is 1. The highest BCUT2D eigenvalue weighted by molar-refractivity contribution is 5.73. The van der Waals surface area contributed by atoms with E-state index in [4.69, 9.17) is 0 Å². The summed E-state index contributed by atoms with van der Waals surface area (Å²) in [5.74, 6) is 0. The Morgan fingerprint density at radius 2 is 2.11 bits per heavy atom. The third-order valence-corrected chi connectivity index (χ3v) is 3.32. The molecular weight excluding hydrogens is 220 g/mol. The molecule has 0 aromatic carbocycles. The van der Waals surface area contributed by atoms with Crippen molar-refractivity contribution in [3.63, 3.8) is 0 Å². The Labute approximate surface area is 110 Å². The van der Waals surface area contributed by atoms with E-state index in [1.807, 2.05) is 13.1 Å². The van der Waals surface area contributed by atoms with Crippen molar-refractivity contribution in [2.24, 2.45) is 0 Å². The van der Waals surface area contributed by atoms with E-state index in [-0.39, 0.29) is 0 Å². The predicted molar refractivity (Wildman–Crippen MR) is 77.4 cm³/mol. The van der Waals surface area contributed by atoms with Crippen molar-refractivity contribution in [2.75, 3.05) is 20.1 Å². The first-order valence-electron chi connectivity index (χ1n) is 6.74. The van der Waals surface area contributed by atoms with Crippen molar-refractivity contribution in [3.8, 4) is 0 Å². The van der Waals surface area contributed by atoms with Crippen LogP contribution in [-0.4, -0.2) is 30.0 Å². The first-order valence-corrected chi connectivity index (χ1v) is 6.74. The second-order valence-electron chi connectivity index (χ2n) is 5.01. The van der Waals surface area contributed by atoms with Gasteiger partial charge in [-0.15, -0.1) is 0 Å².